The molecule has 4 aromatic carbocycles. The number of hydrogen-bond donors (Lipinski definition) is 3. The van der Waals surface area contributed by atoms with Gasteiger partial charge < -0.3 is 14.9 Å². The molecule has 1 aliphatic rings. The highest BCUT2D eigenvalue weighted by Gasteiger charge is 2.35. The largest absolute Gasteiger partial charge is 0.394 e. The Labute approximate surface area is 192 Å². The summed E-state index contributed by atoms with van der Waals surface area (Å²) in [7, 11) is 0. The van der Waals surface area contributed by atoms with Gasteiger partial charge in [-0.2, -0.15) is 0 Å². The summed E-state index contributed by atoms with van der Waals surface area (Å²) in [4.78, 5) is 40.9. The average Bonchev–Trinajstić information content (AvgIpc) is 3.22. The third-order valence-electron chi connectivity index (χ3n) is 6.68. The number of hydrogen-bond acceptors (Lipinski definition) is 6. The van der Waals surface area contributed by atoms with Crippen LogP contribution in [0.25, 0.3) is 32.3 Å². The minimum absolute atomic E-state index is 0.0452. The van der Waals surface area contributed by atoms with Gasteiger partial charge in [0.15, 0.2) is 0 Å². The number of aromatic amines is 1. The molecule has 0 bridgehead atoms. The van der Waals surface area contributed by atoms with Gasteiger partial charge in [0.25, 0.3) is 5.56 Å². The van der Waals surface area contributed by atoms with Crippen molar-refractivity contribution in [1.82, 2.24) is 9.55 Å². The van der Waals surface area contributed by atoms with E-state index in [2.05, 4.69) is 4.98 Å². The van der Waals surface area contributed by atoms with Gasteiger partial charge in [0.1, 0.15) is 17.9 Å². The van der Waals surface area contributed by atoms with Crippen LogP contribution < -0.4 is 11.2 Å². The minimum Gasteiger partial charge on any atom is -0.394 e. The van der Waals surface area contributed by atoms with E-state index in [1.807, 2.05) is 48.5 Å². The predicted octanol–water partition coefficient (Wildman–Crippen LogP) is 2.31. The molecule has 0 aliphatic carbocycles. The summed E-state index contributed by atoms with van der Waals surface area (Å²) in [5.41, 5.74) is -1.41. The highest BCUT2D eigenvalue weighted by Crippen LogP contribution is 2.36. The standard InChI is InChI=1S/C26H20N2O6/c29-12-20-19(30)10-21(34-20)28-11-18(25(32)27-26(28)33)24(31)17-9-7-15-5-4-13-2-1-3-14-6-8-16(17)23(15)22(13)14/h1-9,11,19-21,29-30H,10,12H2,(H,27,32,33)/t19-,20+,21+/m0/s1. The quantitative estimate of drug-likeness (QED) is 0.282. The van der Waals surface area contributed by atoms with E-state index in [1.54, 1.807) is 6.07 Å². The van der Waals surface area contributed by atoms with E-state index in [-0.39, 0.29) is 12.0 Å². The number of aliphatic hydroxyl groups excluding tert-OH is 2. The van der Waals surface area contributed by atoms with Crippen molar-refractivity contribution in [2.45, 2.75) is 24.9 Å². The summed E-state index contributed by atoms with van der Waals surface area (Å²) >= 11 is 0. The summed E-state index contributed by atoms with van der Waals surface area (Å²) in [5.74, 6) is -0.523. The molecule has 1 saturated heterocycles. The number of aromatic nitrogens is 2. The molecule has 1 aliphatic heterocycles. The second-order valence-corrected chi connectivity index (χ2v) is 8.62. The van der Waals surface area contributed by atoms with Gasteiger partial charge in [-0.25, -0.2) is 4.79 Å². The number of ketones is 1. The lowest BCUT2D eigenvalue weighted by molar-refractivity contribution is -0.0459. The molecule has 3 N–H and O–H groups in total. The molecule has 1 aromatic heterocycles. The second kappa shape index (κ2) is 7.59. The molecule has 34 heavy (non-hydrogen) atoms. The molecule has 0 saturated carbocycles. The minimum atomic E-state index is -0.967. The van der Waals surface area contributed by atoms with E-state index >= 15 is 0 Å². The first-order valence-electron chi connectivity index (χ1n) is 11.0. The first-order valence-corrected chi connectivity index (χ1v) is 11.0. The Balaban J connectivity index is 1.52. The van der Waals surface area contributed by atoms with E-state index in [4.69, 9.17) is 4.74 Å². The maximum atomic E-state index is 13.6. The molecular weight excluding hydrogens is 436 g/mol. The van der Waals surface area contributed by atoms with Crippen LogP contribution in [0.1, 0.15) is 28.6 Å². The molecule has 170 valence electrons. The predicted molar refractivity (Wildman–Crippen MR) is 127 cm³/mol. The number of ether oxygens (including phenoxy) is 1. The van der Waals surface area contributed by atoms with Crippen LogP contribution >= 0.6 is 0 Å². The van der Waals surface area contributed by atoms with Crippen molar-refractivity contribution in [3.05, 3.63) is 92.8 Å². The number of aliphatic hydroxyl groups is 2. The van der Waals surface area contributed by atoms with Crippen LogP contribution in [0, 0.1) is 0 Å². The van der Waals surface area contributed by atoms with Gasteiger partial charge in [-0.3, -0.25) is 19.1 Å². The Hall–Kier alpha value is -3.85. The first-order chi connectivity index (χ1) is 16.5. The summed E-state index contributed by atoms with van der Waals surface area (Å²) in [6.45, 7) is -0.412. The summed E-state index contributed by atoms with van der Waals surface area (Å²) in [6.07, 6.45) is -1.50. The molecule has 5 aromatic rings. The zero-order valence-corrected chi connectivity index (χ0v) is 17.9. The number of benzene rings is 4. The van der Waals surface area contributed by atoms with Crippen molar-refractivity contribution in [1.29, 1.82) is 0 Å². The molecule has 1 fully saturated rings. The fourth-order valence-electron chi connectivity index (χ4n) is 4.99. The molecule has 0 radical (unpaired) electrons. The lowest BCUT2D eigenvalue weighted by Crippen LogP contribution is -2.35. The van der Waals surface area contributed by atoms with Crippen LogP contribution in [0.4, 0.5) is 0 Å². The number of nitrogens with zero attached hydrogens (tertiary/aromatic N) is 1. The molecule has 6 rings (SSSR count). The zero-order chi connectivity index (χ0) is 23.6. The maximum absolute atomic E-state index is 13.6. The Bertz CT molecular complexity index is 1690. The fraction of sp³-hybridized carbons (Fsp3) is 0.192. The van der Waals surface area contributed by atoms with Crippen molar-refractivity contribution in [2.75, 3.05) is 6.61 Å². The zero-order valence-electron chi connectivity index (χ0n) is 17.9. The van der Waals surface area contributed by atoms with Crippen LogP contribution in [0.15, 0.2) is 70.4 Å². The molecule has 3 atom stereocenters. The second-order valence-electron chi connectivity index (χ2n) is 8.62. The normalized spacial score (nSPS) is 20.6. The van der Waals surface area contributed by atoms with Gasteiger partial charge >= 0.3 is 5.69 Å². The number of carbonyl (C=O) groups excluding carboxylic acids is 1. The van der Waals surface area contributed by atoms with Crippen molar-refractivity contribution in [3.8, 4) is 0 Å². The molecule has 0 spiro atoms. The lowest BCUT2D eigenvalue weighted by Gasteiger charge is -2.16. The van der Waals surface area contributed by atoms with Gasteiger partial charge in [0.05, 0.1) is 12.7 Å². The SMILES string of the molecule is O=C(c1cn([C@H]2C[C@H](O)[C@@H](CO)O2)c(=O)[nH]c1=O)c1ccc2ccc3cccc4ccc1c2c34. The Morgan fingerprint density at radius 3 is 2.35 bits per heavy atom. The molecule has 0 amide bonds. The van der Waals surface area contributed by atoms with Crippen molar-refractivity contribution >= 4 is 38.1 Å². The number of rotatable bonds is 4. The highest BCUT2D eigenvalue weighted by atomic mass is 16.5. The molecular formula is C26H20N2O6. The van der Waals surface area contributed by atoms with E-state index in [0.717, 1.165) is 36.9 Å². The van der Waals surface area contributed by atoms with Gasteiger partial charge in [-0.1, -0.05) is 48.5 Å². The Kier molecular flexibility index (Phi) is 4.63. The van der Waals surface area contributed by atoms with Crippen LogP contribution in [-0.4, -0.2) is 44.4 Å². The van der Waals surface area contributed by atoms with Crippen LogP contribution in [0.3, 0.4) is 0 Å². The van der Waals surface area contributed by atoms with Gasteiger partial charge in [0, 0.05) is 18.2 Å². The third kappa shape index (κ3) is 3.00. The topological polar surface area (TPSA) is 122 Å². The smallest absolute Gasteiger partial charge is 0.330 e. The number of H-pyrrole nitrogens is 1. The molecule has 8 nitrogen and oxygen atoms in total. The lowest BCUT2D eigenvalue weighted by atomic mass is 9.90. The number of carbonyl (C=O) groups is 1. The Morgan fingerprint density at radius 1 is 0.971 bits per heavy atom. The van der Waals surface area contributed by atoms with E-state index in [0.29, 0.717) is 5.56 Å². The fourth-order valence-corrected chi connectivity index (χ4v) is 4.99. The van der Waals surface area contributed by atoms with E-state index < -0.39 is 42.1 Å². The van der Waals surface area contributed by atoms with Crippen molar-refractivity contribution in [2.24, 2.45) is 0 Å². The van der Waals surface area contributed by atoms with Crippen molar-refractivity contribution in [3.63, 3.8) is 0 Å². The molecule has 8 heteroatoms. The van der Waals surface area contributed by atoms with Crippen molar-refractivity contribution < 1.29 is 19.7 Å². The van der Waals surface area contributed by atoms with Crippen LogP contribution in [0.2, 0.25) is 0 Å². The third-order valence-corrected chi connectivity index (χ3v) is 6.68. The summed E-state index contributed by atoms with van der Waals surface area (Å²) in [5, 5.41) is 25.2. The van der Waals surface area contributed by atoms with E-state index in [1.165, 1.54) is 6.20 Å². The Morgan fingerprint density at radius 2 is 1.65 bits per heavy atom. The van der Waals surface area contributed by atoms with Crippen LogP contribution in [0.5, 0.6) is 0 Å². The van der Waals surface area contributed by atoms with Gasteiger partial charge in [-0.05, 0) is 38.4 Å². The molecule has 2 heterocycles. The average molecular weight is 456 g/mol. The summed E-state index contributed by atoms with van der Waals surface area (Å²) < 4.78 is 6.63. The monoisotopic (exact) mass is 456 g/mol. The first kappa shape index (κ1) is 20.7. The maximum Gasteiger partial charge on any atom is 0.330 e. The number of nitrogens with one attached hydrogen (secondary N) is 1. The van der Waals surface area contributed by atoms with E-state index in [9.17, 15) is 24.6 Å². The van der Waals surface area contributed by atoms with Gasteiger partial charge in [-0.15, -0.1) is 0 Å². The molecule has 0 unspecified atom stereocenters. The van der Waals surface area contributed by atoms with Gasteiger partial charge in [0.2, 0.25) is 5.78 Å². The van der Waals surface area contributed by atoms with Crippen LogP contribution in [-0.2, 0) is 4.74 Å². The summed E-state index contributed by atoms with van der Waals surface area (Å²) in [6, 6.07) is 17.5. The highest BCUT2D eigenvalue weighted by molar-refractivity contribution is 6.28.